The molecule has 2 aromatic carbocycles. The molecule has 2 heterocycles. The van der Waals surface area contributed by atoms with E-state index >= 15 is 0 Å². The van der Waals surface area contributed by atoms with E-state index in [1.165, 1.54) is 6.07 Å². The van der Waals surface area contributed by atoms with Crippen molar-refractivity contribution in [1.82, 2.24) is 10.6 Å². The highest BCUT2D eigenvalue weighted by Gasteiger charge is 2.23. The molecule has 0 bridgehead atoms. The second-order valence-corrected chi connectivity index (χ2v) is 8.76. The number of amides is 1. The van der Waals surface area contributed by atoms with Crippen molar-refractivity contribution in [2.75, 3.05) is 18.0 Å². The summed E-state index contributed by atoms with van der Waals surface area (Å²) in [5.41, 5.74) is 1.51. The van der Waals surface area contributed by atoms with Crippen molar-refractivity contribution in [3.8, 4) is 11.3 Å². The smallest absolute Gasteiger partial charge is 0.293 e. The topological polar surface area (TPSA) is 101 Å². The predicted octanol–water partition coefficient (Wildman–Crippen LogP) is 5.30. The molecule has 1 aliphatic rings. The van der Waals surface area contributed by atoms with Gasteiger partial charge in [-0.2, -0.15) is 0 Å². The number of hydrogen-bond acceptors (Lipinski definition) is 6. The third kappa shape index (κ3) is 5.73. The van der Waals surface area contributed by atoms with Crippen molar-refractivity contribution in [3.63, 3.8) is 0 Å². The van der Waals surface area contributed by atoms with E-state index in [2.05, 4.69) is 10.6 Å². The Kier molecular flexibility index (Phi) is 7.44. The zero-order chi connectivity index (χ0) is 24.1. The summed E-state index contributed by atoms with van der Waals surface area (Å²) >= 11 is 11.1. The molecule has 4 rings (SSSR count). The molecule has 0 spiro atoms. The van der Waals surface area contributed by atoms with Gasteiger partial charge in [-0.15, -0.1) is 0 Å². The van der Waals surface area contributed by atoms with E-state index in [9.17, 15) is 14.9 Å². The summed E-state index contributed by atoms with van der Waals surface area (Å²) in [5.74, 6) is 0.791. The molecular formula is C24H23ClN4O4S. The zero-order valence-electron chi connectivity index (χ0n) is 18.3. The standard InChI is InChI=1S/C24H23ClN4O4S/c25-18-7-4-16(5-8-18)22-11-9-19(33-22)15-26-24(34)27-23(30)17-6-10-20(21(14-17)29(31)32)28-12-2-1-3-13-28/h4-11,14H,1-3,12-13,15H2,(H2,26,27,30,34). The molecule has 176 valence electrons. The van der Waals surface area contributed by atoms with Crippen LogP contribution in [-0.2, 0) is 6.54 Å². The number of carbonyl (C=O) groups excluding carboxylic acids is 1. The van der Waals surface area contributed by atoms with Crippen molar-refractivity contribution in [3.05, 3.63) is 81.1 Å². The lowest BCUT2D eigenvalue weighted by atomic mass is 10.1. The van der Waals surface area contributed by atoms with Crippen LogP contribution < -0.4 is 15.5 Å². The molecule has 8 nitrogen and oxygen atoms in total. The molecule has 34 heavy (non-hydrogen) atoms. The highest BCUT2D eigenvalue weighted by molar-refractivity contribution is 7.80. The maximum absolute atomic E-state index is 12.6. The van der Waals surface area contributed by atoms with Gasteiger partial charge in [-0.05, 0) is 80.0 Å². The first-order valence-electron chi connectivity index (χ1n) is 10.9. The Labute approximate surface area is 207 Å². The van der Waals surface area contributed by atoms with Gasteiger partial charge in [0.15, 0.2) is 5.11 Å². The van der Waals surface area contributed by atoms with Gasteiger partial charge >= 0.3 is 0 Å². The summed E-state index contributed by atoms with van der Waals surface area (Å²) in [7, 11) is 0. The van der Waals surface area contributed by atoms with Gasteiger partial charge in [0.1, 0.15) is 17.2 Å². The molecule has 10 heteroatoms. The van der Waals surface area contributed by atoms with Crippen LogP contribution in [0.1, 0.15) is 35.4 Å². The fraction of sp³-hybridized carbons (Fsp3) is 0.250. The van der Waals surface area contributed by atoms with Crippen LogP contribution >= 0.6 is 23.8 Å². The molecule has 0 atom stereocenters. The van der Waals surface area contributed by atoms with E-state index in [4.69, 9.17) is 28.2 Å². The van der Waals surface area contributed by atoms with Gasteiger partial charge in [-0.1, -0.05) is 11.6 Å². The van der Waals surface area contributed by atoms with Gasteiger partial charge in [0.2, 0.25) is 0 Å². The summed E-state index contributed by atoms with van der Waals surface area (Å²) in [6.45, 7) is 1.81. The second kappa shape index (κ2) is 10.7. The SMILES string of the molecule is O=C(NC(=S)NCc1ccc(-c2ccc(Cl)cc2)o1)c1ccc(N2CCCCC2)c([N+](=O)[O-])c1. The van der Waals surface area contributed by atoms with Crippen molar-refractivity contribution >= 4 is 46.2 Å². The first-order valence-corrected chi connectivity index (χ1v) is 11.7. The van der Waals surface area contributed by atoms with Gasteiger partial charge in [0.25, 0.3) is 11.6 Å². The van der Waals surface area contributed by atoms with Crippen LogP contribution in [0.25, 0.3) is 11.3 Å². The number of rotatable bonds is 6. The second-order valence-electron chi connectivity index (χ2n) is 7.92. The van der Waals surface area contributed by atoms with Crippen molar-refractivity contribution < 1.29 is 14.1 Å². The van der Waals surface area contributed by atoms with E-state index in [1.54, 1.807) is 24.3 Å². The number of carbonyl (C=O) groups is 1. The Bertz CT molecular complexity index is 1210. The summed E-state index contributed by atoms with van der Waals surface area (Å²) in [5, 5.41) is 17.9. The quantitative estimate of drug-likeness (QED) is 0.270. The lowest BCUT2D eigenvalue weighted by Crippen LogP contribution is -2.38. The summed E-state index contributed by atoms with van der Waals surface area (Å²) < 4.78 is 5.80. The first-order chi connectivity index (χ1) is 16.4. The van der Waals surface area contributed by atoms with Gasteiger partial charge < -0.3 is 14.6 Å². The third-order valence-electron chi connectivity index (χ3n) is 5.57. The van der Waals surface area contributed by atoms with Crippen molar-refractivity contribution in [2.24, 2.45) is 0 Å². The number of benzene rings is 2. The molecule has 0 saturated carbocycles. The van der Waals surface area contributed by atoms with Gasteiger partial charge in [-0.25, -0.2) is 0 Å². The van der Waals surface area contributed by atoms with Gasteiger partial charge in [-0.3, -0.25) is 20.2 Å². The summed E-state index contributed by atoms with van der Waals surface area (Å²) in [6.07, 6.45) is 3.11. The number of hydrogen-bond donors (Lipinski definition) is 2. The maximum atomic E-state index is 12.6. The van der Waals surface area contributed by atoms with Crippen molar-refractivity contribution in [1.29, 1.82) is 0 Å². The normalized spacial score (nSPS) is 13.4. The zero-order valence-corrected chi connectivity index (χ0v) is 19.8. The number of anilines is 1. The molecule has 1 fully saturated rings. The third-order valence-corrected chi connectivity index (χ3v) is 6.07. The highest BCUT2D eigenvalue weighted by atomic mass is 35.5. The average Bonchev–Trinajstić information content (AvgIpc) is 3.32. The lowest BCUT2D eigenvalue weighted by molar-refractivity contribution is -0.384. The average molecular weight is 499 g/mol. The minimum atomic E-state index is -0.521. The monoisotopic (exact) mass is 498 g/mol. The van der Waals surface area contributed by atoms with Crippen LogP contribution in [0.4, 0.5) is 11.4 Å². The van der Waals surface area contributed by atoms with E-state index in [-0.39, 0.29) is 22.9 Å². The van der Waals surface area contributed by atoms with Crippen LogP contribution in [0, 0.1) is 10.1 Å². The Morgan fingerprint density at radius 3 is 2.53 bits per heavy atom. The Balaban J connectivity index is 1.36. The van der Waals surface area contributed by atoms with Crippen LogP contribution in [-0.4, -0.2) is 29.0 Å². The summed E-state index contributed by atoms with van der Waals surface area (Å²) in [6, 6.07) is 15.5. The molecule has 0 radical (unpaired) electrons. The largest absolute Gasteiger partial charge is 0.459 e. The Morgan fingerprint density at radius 2 is 1.82 bits per heavy atom. The van der Waals surface area contributed by atoms with Gasteiger partial charge in [0.05, 0.1) is 11.5 Å². The maximum Gasteiger partial charge on any atom is 0.293 e. The first kappa shape index (κ1) is 23.7. The molecule has 1 aliphatic heterocycles. The number of nitro benzene ring substituents is 1. The summed E-state index contributed by atoms with van der Waals surface area (Å²) in [4.78, 5) is 25.8. The predicted molar refractivity (Wildman–Crippen MR) is 135 cm³/mol. The van der Waals surface area contributed by atoms with E-state index in [0.29, 0.717) is 22.2 Å². The highest BCUT2D eigenvalue weighted by Crippen LogP contribution is 2.31. The van der Waals surface area contributed by atoms with E-state index in [1.807, 2.05) is 29.2 Å². The van der Waals surface area contributed by atoms with Crippen LogP contribution in [0.15, 0.2) is 59.0 Å². The van der Waals surface area contributed by atoms with Crippen molar-refractivity contribution in [2.45, 2.75) is 25.8 Å². The number of nitro groups is 1. The molecular weight excluding hydrogens is 476 g/mol. The van der Waals surface area contributed by atoms with E-state index < -0.39 is 10.8 Å². The minimum absolute atomic E-state index is 0.0845. The minimum Gasteiger partial charge on any atom is -0.459 e. The van der Waals surface area contributed by atoms with Crippen LogP contribution in [0.5, 0.6) is 0 Å². The number of furan rings is 1. The molecule has 3 aromatic rings. The van der Waals surface area contributed by atoms with Crippen LogP contribution in [0.2, 0.25) is 5.02 Å². The molecule has 0 unspecified atom stereocenters. The fourth-order valence-corrected chi connectivity index (χ4v) is 4.13. The Hall–Kier alpha value is -3.43. The number of nitrogens with one attached hydrogen (secondary N) is 2. The van der Waals surface area contributed by atoms with Gasteiger partial charge in [0, 0.05) is 35.3 Å². The molecule has 1 amide bonds. The number of nitrogens with zero attached hydrogens (tertiary/aromatic N) is 2. The molecule has 2 N–H and O–H groups in total. The molecule has 1 saturated heterocycles. The fourth-order valence-electron chi connectivity index (χ4n) is 3.84. The number of halogens is 1. The lowest BCUT2D eigenvalue weighted by Gasteiger charge is -2.28. The van der Waals surface area contributed by atoms with E-state index in [0.717, 1.165) is 37.9 Å². The molecule has 1 aromatic heterocycles. The van der Waals surface area contributed by atoms with Crippen LogP contribution in [0.3, 0.4) is 0 Å². The number of piperidine rings is 1. The number of thiocarbonyl (C=S) groups is 1. The molecule has 0 aliphatic carbocycles. The Morgan fingerprint density at radius 1 is 1.09 bits per heavy atom.